The van der Waals surface area contributed by atoms with Gasteiger partial charge in [0.05, 0.1) is 38.3 Å². The SMILES string of the molecule is C=C(NOCc1ccc2scc(C(=COC)C(=O)OC)c2c1)c1cccc(C(F)(F)F)c1. The van der Waals surface area contributed by atoms with E-state index in [2.05, 4.69) is 12.1 Å². The zero-order valence-corrected chi connectivity index (χ0v) is 18.1. The van der Waals surface area contributed by atoms with Crippen molar-refractivity contribution in [2.75, 3.05) is 14.2 Å². The number of thiophene rings is 1. The molecule has 0 bridgehead atoms. The molecule has 5 nitrogen and oxygen atoms in total. The topological polar surface area (TPSA) is 56.8 Å². The second kappa shape index (κ2) is 9.88. The Bertz CT molecular complexity index is 1170. The maximum Gasteiger partial charge on any atom is 0.416 e. The second-order valence-electron chi connectivity index (χ2n) is 6.69. The number of hydrogen-bond acceptors (Lipinski definition) is 6. The van der Waals surface area contributed by atoms with Gasteiger partial charge in [-0.2, -0.15) is 13.2 Å². The number of halogens is 3. The van der Waals surface area contributed by atoms with Crippen LogP contribution in [0.5, 0.6) is 0 Å². The van der Waals surface area contributed by atoms with E-state index in [0.29, 0.717) is 5.56 Å². The van der Waals surface area contributed by atoms with Gasteiger partial charge in [0.1, 0.15) is 5.57 Å². The summed E-state index contributed by atoms with van der Waals surface area (Å²) in [5.74, 6) is -0.521. The minimum Gasteiger partial charge on any atom is -0.503 e. The molecule has 0 saturated carbocycles. The summed E-state index contributed by atoms with van der Waals surface area (Å²) in [7, 11) is 2.74. The molecule has 0 fully saturated rings. The van der Waals surface area contributed by atoms with Gasteiger partial charge in [-0.25, -0.2) is 4.79 Å². The molecule has 0 atom stereocenters. The Kier molecular flexibility index (Phi) is 7.22. The van der Waals surface area contributed by atoms with Gasteiger partial charge in [-0.3, -0.25) is 10.3 Å². The standard InChI is InChI=1S/C23H20F3NO4S/c1-14(16-5-4-6-17(10-16)23(24,25)26)27-31-11-15-7-8-21-18(9-15)20(13-32-21)19(12-29-2)22(28)30-3/h4-10,12-13,27H,1,11H2,2-3H3. The van der Waals surface area contributed by atoms with Gasteiger partial charge in [0.25, 0.3) is 0 Å². The molecule has 1 heterocycles. The monoisotopic (exact) mass is 463 g/mol. The average molecular weight is 463 g/mol. The molecule has 0 aliphatic carbocycles. The van der Waals surface area contributed by atoms with Crippen molar-refractivity contribution in [3.63, 3.8) is 0 Å². The number of nitrogens with one attached hydrogen (secondary N) is 1. The number of rotatable bonds is 8. The zero-order chi connectivity index (χ0) is 23.3. The van der Waals surface area contributed by atoms with Crippen LogP contribution in [0.4, 0.5) is 13.2 Å². The highest BCUT2D eigenvalue weighted by Crippen LogP contribution is 2.33. The number of carbonyl (C=O) groups excluding carboxylic acids is 1. The van der Waals surface area contributed by atoms with Gasteiger partial charge in [-0.1, -0.05) is 24.8 Å². The second-order valence-corrected chi connectivity index (χ2v) is 7.60. The predicted octanol–water partition coefficient (Wildman–Crippen LogP) is 5.77. The van der Waals surface area contributed by atoms with E-state index in [1.165, 1.54) is 44.0 Å². The average Bonchev–Trinajstić information content (AvgIpc) is 3.19. The van der Waals surface area contributed by atoms with Crippen LogP contribution in [0.15, 0.2) is 60.7 Å². The van der Waals surface area contributed by atoms with Gasteiger partial charge in [-0.05, 0) is 35.4 Å². The highest BCUT2D eigenvalue weighted by molar-refractivity contribution is 7.17. The molecule has 0 spiro atoms. The fourth-order valence-corrected chi connectivity index (χ4v) is 3.91. The lowest BCUT2D eigenvalue weighted by atomic mass is 10.0. The van der Waals surface area contributed by atoms with Crippen LogP contribution in [-0.2, 0) is 31.9 Å². The van der Waals surface area contributed by atoms with Crippen LogP contribution in [0, 0.1) is 0 Å². The molecule has 9 heteroatoms. The van der Waals surface area contributed by atoms with E-state index < -0.39 is 17.7 Å². The van der Waals surface area contributed by atoms with Gasteiger partial charge in [0.15, 0.2) is 0 Å². The van der Waals surface area contributed by atoms with E-state index in [0.717, 1.165) is 27.8 Å². The number of methoxy groups -OCH3 is 2. The lowest BCUT2D eigenvalue weighted by molar-refractivity contribution is -0.137. The van der Waals surface area contributed by atoms with Crippen molar-refractivity contribution in [1.82, 2.24) is 5.48 Å². The van der Waals surface area contributed by atoms with Crippen molar-refractivity contribution in [2.24, 2.45) is 0 Å². The quantitative estimate of drug-likeness (QED) is 0.199. The summed E-state index contributed by atoms with van der Waals surface area (Å²) in [5.41, 5.74) is 4.02. The number of esters is 1. The van der Waals surface area contributed by atoms with Gasteiger partial charge in [0.2, 0.25) is 0 Å². The Morgan fingerprint density at radius 1 is 1.19 bits per heavy atom. The Hall–Kier alpha value is -3.30. The van der Waals surface area contributed by atoms with E-state index in [1.807, 2.05) is 23.6 Å². The van der Waals surface area contributed by atoms with E-state index in [-0.39, 0.29) is 23.4 Å². The summed E-state index contributed by atoms with van der Waals surface area (Å²) in [4.78, 5) is 17.6. The molecule has 0 saturated heterocycles. The number of ether oxygens (including phenoxy) is 2. The molecule has 0 aliphatic rings. The third-order valence-electron chi connectivity index (χ3n) is 4.54. The number of fused-ring (bicyclic) bond motifs is 1. The van der Waals surface area contributed by atoms with Crippen molar-refractivity contribution in [1.29, 1.82) is 0 Å². The van der Waals surface area contributed by atoms with Gasteiger partial charge < -0.3 is 9.47 Å². The number of carbonyl (C=O) groups is 1. The maximum absolute atomic E-state index is 12.9. The molecular formula is C23H20F3NO4S. The zero-order valence-electron chi connectivity index (χ0n) is 17.3. The van der Waals surface area contributed by atoms with Crippen LogP contribution < -0.4 is 5.48 Å². The van der Waals surface area contributed by atoms with Gasteiger partial charge in [-0.15, -0.1) is 11.3 Å². The van der Waals surface area contributed by atoms with Gasteiger partial charge >= 0.3 is 12.1 Å². The number of alkyl halides is 3. The first kappa shape index (κ1) is 23.4. The smallest absolute Gasteiger partial charge is 0.416 e. The summed E-state index contributed by atoms with van der Waals surface area (Å²) in [6.45, 7) is 3.85. The first-order valence-electron chi connectivity index (χ1n) is 9.30. The fourth-order valence-electron chi connectivity index (χ4n) is 2.97. The largest absolute Gasteiger partial charge is 0.503 e. The third-order valence-corrected chi connectivity index (χ3v) is 5.51. The normalized spacial score (nSPS) is 12.0. The number of hydrogen-bond donors (Lipinski definition) is 1. The first-order valence-corrected chi connectivity index (χ1v) is 10.2. The van der Waals surface area contributed by atoms with E-state index in [9.17, 15) is 18.0 Å². The minimum atomic E-state index is -4.44. The third kappa shape index (κ3) is 5.30. The molecule has 32 heavy (non-hydrogen) atoms. The number of hydroxylamine groups is 1. The Labute approximate surface area is 186 Å². The first-order chi connectivity index (χ1) is 15.2. The van der Waals surface area contributed by atoms with Crippen molar-refractivity contribution in [3.8, 4) is 0 Å². The van der Waals surface area contributed by atoms with E-state index in [1.54, 1.807) is 0 Å². The summed E-state index contributed by atoms with van der Waals surface area (Å²) >= 11 is 1.47. The molecule has 0 radical (unpaired) electrons. The molecule has 0 amide bonds. The highest BCUT2D eigenvalue weighted by atomic mass is 32.1. The molecule has 1 aromatic heterocycles. The summed E-state index contributed by atoms with van der Waals surface area (Å²) < 4.78 is 49.5. The van der Waals surface area contributed by atoms with Crippen molar-refractivity contribution >= 4 is 38.7 Å². The van der Waals surface area contributed by atoms with Crippen LogP contribution >= 0.6 is 11.3 Å². The van der Waals surface area contributed by atoms with Crippen LogP contribution in [0.1, 0.15) is 22.3 Å². The van der Waals surface area contributed by atoms with E-state index in [4.69, 9.17) is 14.3 Å². The fraction of sp³-hybridized carbons (Fsp3) is 0.174. The van der Waals surface area contributed by atoms with Crippen molar-refractivity contribution in [3.05, 3.63) is 82.9 Å². The van der Waals surface area contributed by atoms with Crippen molar-refractivity contribution in [2.45, 2.75) is 12.8 Å². The number of benzene rings is 2. The molecule has 3 aromatic rings. The molecule has 1 N–H and O–H groups in total. The van der Waals surface area contributed by atoms with Crippen LogP contribution in [-0.4, -0.2) is 20.2 Å². The lowest BCUT2D eigenvalue weighted by Crippen LogP contribution is -2.13. The molecule has 0 unspecified atom stereocenters. The molecule has 168 valence electrons. The highest BCUT2D eigenvalue weighted by Gasteiger charge is 2.30. The van der Waals surface area contributed by atoms with E-state index >= 15 is 0 Å². The molecule has 3 rings (SSSR count). The lowest BCUT2D eigenvalue weighted by Gasteiger charge is -2.13. The van der Waals surface area contributed by atoms with Crippen LogP contribution in [0.3, 0.4) is 0 Å². The molecule has 0 aliphatic heterocycles. The summed E-state index contributed by atoms with van der Waals surface area (Å²) in [6.07, 6.45) is -3.11. The van der Waals surface area contributed by atoms with Crippen LogP contribution in [0.2, 0.25) is 0 Å². The summed E-state index contributed by atoms with van der Waals surface area (Å²) in [6, 6.07) is 10.4. The summed E-state index contributed by atoms with van der Waals surface area (Å²) in [5, 5.41) is 2.66. The molecular weight excluding hydrogens is 443 g/mol. The van der Waals surface area contributed by atoms with Crippen LogP contribution in [0.25, 0.3) is 21.4 Å². The maximum atomic E-state index is 12.9. The predicted molar refractivity (Wildman–Crippen MR) is 117 cm³/mol. The molecule has 2 aromatic carbocycles. The van der Waals surface area contributed by atoms with Gasteiger partial charge in [0, 0.05) is 21.0 Å². The minimum absolute atomic E-state index is 0.116. The van der Waals surface area contributed by atoms with Crippen molar-refractivity contribution < 1.29 is 32.3 Å². The Morgan fingerprint density at radius 2 is 1.97 bits per heavy atom. The Morgan fingerprint density at radius 3 is 2.66 bits per heavy atom. The Balaban J connectivity index is 1.73.